The van der Waals surface area contributed by atoms with Gasteiger partial charge in [-0.3, -0.25) is 15.0 Å². The molecule has 0 aliphatic carbocycles. The first-order valence-corrected chi connectivity index (χ1v) is 11.8. The van der Waals surface area contributed by atoms with Crippen molar-refractivity contribution in [2.45, 2.75) is 56.2 Å². The van der Waals surface area contributed by atoms with Crippen LogP contribution in [0.5, 0.6) is 0 Å². The molecule has 0 unspecified atom stereocenters. The Morgan fingerprint density at radius 3 is 2.72 bits per heavy atom. The lowest BCUT2D eigenvalue weighted by molar-refractivity contribution is -0.163. The number of β-lactam (4-membered cyclic amide) rings is 1. The molecular weight excluding hydrogens is 436 g/mol. The molecule has 0 aromatic heterocycles. The molecule has 2 amide bonds. The second-order valence-electron chi connectivity index (χ2n) is 9.03. The van der Waals surface area contributed by atoms with Gasteiger partial charge >= 0.3 is 5.97 Å². The van der Waals surface area contributed by atoms with Gasteiger partial charge in [-0.15, -0.1) is 11.8 Å². The molecule has 3 fully saturated rings. The number of aliphatic hydroxyl groups excluding tert-OH is 1. The molecule has 7 atom stereocenters. The number of fused-ring (bicyclic) bond motifs is 1. The highest BCUT2D eigenvalue weighted by molar-refractivity contribution is 8.03. The van der Waals surface area contributed by atoms with E-state index in [-0.39, 0.29) is 52.8 Å². The fraction of sp³-hybridized carbons (Fsp3) is 0.700. The van der Waals surface area contributed by atoms with Crippen molar-refractivity contribution in [3.8, 4) is 0 Å². The van der Waals surface area contributed by atoms with Crippen LogP contribution in [-0.4, -0.2) is 92.9 Å². The summed E-state index contributed by atoms with van der Waals surface area (Å²) in [6.07, 6.45) is 0.445. The van der Waals surface area contributed by atoms with Crippen LogP contribution in [0.4, 0.5) is 0 Å². The van der Waals surface area contributed by atoms with E-state index in [0.29, 0.717) is 31.0 Å². The quantitative estimate of drug-likeness (QED) is 0.158. The van der Waals surface area contributed by atoms with E-state index in [2.05, 4.69) is 10.6 Å². The second kappa shape index (κ2) is 8.56. The molecule has 4 rings (SSSR count). The maximum Gasteiger partial charge on any atom is 0.353 e. The number of carboxylic acid groups (broad SMARTS) is 1. The lowest BCUT2D eigenvalue weighted by atomic mass is 9.79. The van der Waals surface area contributed by atoms with Crippen LogP contribution in [0.3, 0.4) is 0 Å². The summed E-state index contributed by atoms with van der Waals surface area (Å²) in [5.74, 6) is -2.36. The molecule has 0 bridgehead atoms. The number of rotatable bonds is 6. The van der Waals surface area contributed by atoms with Crippen LogP contribution in [0.25, 0.3) is 0 Å². The molecule has 4 aliphatic rings. The average Bonchev–Trinajstić information content (AvgIpc) is 3.41. The number of carbonyl (C=O) groups is 3. The number of thioether (sulfide) groups is 1. The van der Waals surface area contributed by atoms with Gasteiger partial charge in [-0.25, -0.2) is 4.79 Å². The van der Waals surface area contributed by atoms with Gasteiger partial charge in [0.25, 0.3) is 0 Å². The van der Waals surface area contributed by atoms with Crippen molar-refractivity contribution in [3.05, 3.63) is 10.6 Å². The van der Waals surface area contributed by atoms with E-state index in [1.54, 1.807) is 11.8 Å². The van der Waals surface area contributed by atoms with Crippen molar-refractivity contribution in [1.29, 1.82) is 5.41 Å². The number of nitrogens with zero attached hydrogens (tertiary/aromatic N) is 2. The fourth-order valence-corrected chi connectivity index (χ4v) is 6.73. The third kappa shape index (κ3) is 3.84. The summed E-state index contributed by atoms with van der Waals surface area (Å²) < 4.78 is 0. The van der Waals surface area contributed by atoms with Gasteiger partial charge in [0.15, 0.2) is 5.96 Å². The standard InChI is InChI=1S/C20H30N6O5S/c1-8-14-13(9(2)27)18(29)26(14)15(19(30)31)16(8)32-11-5-12(23-6-11)17(28)24-10-3-4-25(7-10)20(21)22/h8-14,23,27H,3-7H2,1-2H3,(H3,21,22)(H,24,28)(H,30,31)/t8-,9-,10+,11+,12+,13-,14-/m1/s1. The normalized spacial score (nSPS) is 35.0. The summed E-state index contributed by atoms with van der Waals surface area (Å²) in [6, 6.07) is -0.771. The van der Waals surface area contributed by atoms with Crippen molar-refractivity contribution < 1.29 is 24.6 Å². The third-order valence-electron chi connectivity index (χ3n) is 6.89. The summed E-state index contributed by atoms with van der Waals surface area (Å²) in [5.41, 5.74) is 5.52. The molecule has 32 heavy (non-hydrogen) atoms. The molecule has 12 heteroatoms. The number of hydrogen-bond donors (Lipinski definition) is 6. The van der Waals surface area contributed by atoms with E-state index in [1.807, 2.05) is 6.92 Å². The van der Waals surface area contributed by atoms with Gasteiger partial charge in [0.2, 0.25) is 11.8 Å². The number of amides is 2. The Bertz CT molecular complexity index is 879. The Balaban J connectivity index is 1.38. The topological polar surface area (TPSA) is 172 Å². The van der Waals surface area contributed by atoms with Gasteiger partial charge < -0.3 is 36.4 Å². The maximum absolute atomic E-state index is 12.7. The van der Waals surface area contributed by atoms with E-state index in [0.717, 1.165) is 6.42 Å². The molecule has 0 aromatic carbocycles. The van der Waals surface area contributed by atoms with Crippen molar-refractivity contribution in [1.82, 2.24) is 20.4 Å². The summed E-state index contributed by atoms with van der Waals surface area (Å²) in [4.78, 5) is 40.8. The number of aliphatic carboxylic acids is 1. The monoisotopic (exact) mass is 466 g/mol. The molecule has 3 saturated heterocycles. The SMILES string of the molecule is C[C@@H](O)[C@H]1C(=O)N2C(C(=O)O)=C(S[C@@H]3CN[C@H](C(=O)N[C@H]4CCN(C(=N)N)C4)C3)[C@H](C)[C@H]12. The molecular formula is C20H30N6O5S. The summed E-state index contributed by atoms with van der Waals surface area (Å²) in [7, 11) is 0. The van der Waals surface area contributed by atoms with Gasteiger partial charge in [-0.1, -0.05) is 6.92 Å². The van der Waals surface area contributed by atoms with Gasteiger partial charge in [0.1, 0.15) is 5.70 Å². The first-order valence-electron chi connectivity index (χ1n) is 10.9. The highest BCUT2D eigenvalue weighted by Crippen LogP contribution is 2.51. The Kier molecular flexibility index (Phi) is 6.12. The summed E-state index contributed by atoms with van der Waals surface area (Å²) >= 11 is 1.42. The van der Waals surface area contributed by atoms with Crippen molar-refractivity contribution in [2.24, 2.45) is 17.6 Å². The Hall–Kier alpha value is -2.31. The second-order valence-corrected chi connectivity index (χ2v) is 10.4. The Morgan fingerprint density at radius 1 is 1.41 bits per heavy atom. The summed E-state index contributed by atoms with van der Waals surface area (Å²) in [5, 5.41) is 33.5. The number of likely N-dealkylation sites (tertiary alicyclic amines) is 1. The average molecular weight is 467 g/mol. The Morgan fingerprint density at radius 2 is 2.12 bits per heavy atom. The minimum Gasteiger partial charge on any atom is -0.477 e. The largest absolute Gasteiger partial charge is 0.477 e. The highest BCUT2D eigenvalue weighted by atomic mass is 32.2. The fourth-order valence-electron chi connectivity index (χ4n) is 5.25. The van der Waals surface area contributed by atoms with Crippen molar-refractivity contribution >= 4 is 35.5 Å². The first-order chi connectivity index (χ1) is 15.1. The minimum atomic E-state index is -1.14. The third-order valence-corrected chi connectivity index (χ3v) is 8.40. The molecule has 4 aliphatic heterocycles. The molecule has 0 saturated carbocycles. The van der Waals surface area contributed by atoms with E-state index >= 15 is 0 Å². The van der Waals surface area contributed by atoms with Gasteiger partial charge in [0, 0.05) is 41.7 Å². The minimum absolute atomic E-state index is 0.00588. The zero-order valence-electron chi connectivity index (χ0n) is 18.1. The van der Waals surface area contributed by atoms with Crippen LogP contribution < -0.4 is 16.4 Å². The van der Waals surface area contributed by atoms with E-state index in [9.17, 15) is 24.6 Å². The molecule has 176 valence electrons. The van der Waals surface area contributed by atoms with Crippen molar-refractivity contribution in [3.63, 3.8) is 0 Å². The van der Waals surface area contributed by atoms with Gasteiger partial charge in [-0.05, 0) is 19.8 Å². The highest BCUT2D eigenvalue weighted by Gasteiger charge is 2.60. The predicted octanol–water partition coefficient (Wildman–Crippen LogP) is -1.31. The van der Waals surface area contributed by atoms with Crippen LogP contribution in [0, 0.1) is 17.2 Å². The Labute approximate surface area is 190 Å². The zero-order valence-corrected chi connectivity index (χ0v) is 18.9. The number of nitrogens with two attached hydrogens (primary N) is 1. The molecule has 0 aromatic rings. The predicted molar refractivity (Wildman–Crippen MR) is 117 cm³/mol. The molecule has 11 nitrogen and oxygen atoms in total. The van der Waals surface area contributed by atoms with Gasteiger partial charge in [0.05, 0.1) is 24.1 Å². The van der Waals surface area contributed by atoms with Crippen LogP contribution in [0.1, 0.15) is 26.7 Å². The number of carbonyl (C=O) groups excluding carboxylic acids is 2. The van der Waals surface area contributed by atoms with Gasteiger partial charge in [-0.2, -0.15) is 0 Å². The van der Waals surface area contributed by atoms with Crippen LogP contribution >= 0.6 is 11.8 Å². The smallest absolute Gasteiger partial charge is 0.353 e. The van der Waals surface area contributed by atoms with Crippen LogP contribution in [0.2, 0.25) is 0 Å². The number of carboxylic acids is 1. The van der Waals surface area contributed by atoms with E-state index < -0.39 is 18.0 Å². The van der Waals surface area contributed by atoms with E-state index in [1.165, 1.54) is 16.7 Å². The maximum atomic E-state index is 12.7. The number of guanidine groups is 1. The molecule has 7 N–H and O–H groups in total. The summed E-state index contributed by atoms with van der Waals surface area (Å²) in [6.45, 7) is 5.17. The first kappa shape index (κ1) is 22.9. The molecule has 0 spiro atoms. The molecule has 4 heterocycles. The van der Waals surface area contributed by atoms with E-state index in [4.69, 9.17) is 11.1 Å². The van der Waals surface area contributed by atoms with Crippen LogP contribution in [-0.2, 0) is 14.4 Å². The number of hydrogen-bond acceptors (Lipinski definition) is 7. The zero-order chi connectivity index (χ0) is 23.3. The number of nitrogens with one attached hydrogen (secondary N) is 3. The molecule has 0 radical (unpaired) electrons. The van der Waals surface area contributed by atoms with Crippen molar-refractivity contribution in [2.75, 3.05) is 19.6 Å². The van der Waals surface area contributed by atoms with Crippen LogP contribution in [0.15, 0.2) is 10.6 Å². The number of aliphatic hydroxyl groups is 1. The lowest BCUT2D eigenvalue weighted by Gasteiger charge is -2.46. The lowest BCUT2D eigenvalue weighted by Crippen LogP contribution is -2.63.